The van der Waals surface area contributed by atoms with Gasteiger partial charge in [-0.1, -0.05) is 60.7 Å². The lowest BCUT2D eigenvalue weighted by Crippen LogP contribution is -2.47. The van der Waals surface area contributed by atoms with Gasteiger partial charge in [0.05, 0.1) is 7.92 Å². The van der Waals surface area contributed by atoms with Crippen molar-refractivity contribution in [3.63, 3.8) is 0 Å². The van der Waals surface area contributed by atoms with Gasteiger partial charge in [0.2, 0.25) is 11.6 Å². The molecule has 21 heavy (non-hydrogen) atoms. The van der Waals surface area contributed by atoms with E-state index < -0.39 is 7.92 Å². The van der Waals surface area contributed by atoms with Crippen LogP contribution in [-0.2, 0) is 7.05 Å². The van der Waals surface area contributed by atoms with E-state index in [1.165, 1.54) is 22.9 Å². The zero-order chi connectivity index (χ0) is 14.7. The molecule has 104 valence electrons. The first-order chi connectivity index (χ1) is 10.3. The first-order valence-electron chi connectivity index (χ1n) is 6.81. The van der Waals surface area contributed by atoms with Crippen molar-refractivity contribution in [2.45, 2.75) is 0 Å². The van der Waals surface area contributed by atoms with Crippen LogP contribution in [0.25, 0.3) is 0 Å². The molecular weight excluding hydrogens is 280 g/mol. The molecule has 3 rings (SSSR count). The van der Waals surface area contributed by atoms with E-state index in [4.69, 9.17) is 0 Å². The number of aromatic nitrogens is 1. The Balaban J connectivity index is 2.17. The summed E-state index contributed by atoms with van der Waals surface area (Å²) in [4.78, 5) is 0. The maximum Gasteiger partial charge on any atom is 0.210 e. The highest BCUT2D eigenvalue weighted by molar-refractivity contribution is 7.79. The number of pyridine rings is 1. The lowest BCUT2D eigenvalue weighted by Gasteiger charge is -2.16. The minimum absolute atomic E-state index is 0.211. The van der Waals surface area contributed by atoms with Crippen molar-refractivity contribution in [2.24, 2.45) is 7.05 Å². The summed E-state index contributed by atoms with van der Waals surface area (Å²) in [6.07, 6.45) is 1.54. The molecule has 0 radical (unpaired) electrons. The topological polar surface area (TPSA) is 3.88 Å². The molecule has 0 N–H and O–H groups in total. The fraction of sp³-hybridized carbons (Fsp3) is 0.0556. The van der Waals surface area contributed by atoms with Crippen LogP contribution in [-0.4, -0.2) is 0 Å². The largest absolute Gasteiger partial charge is 0.210 e. The quantitative estimate of drug-likeness (QED) is 0.516. The molecule has 1 heterocycles. The van der Waals surface area contributed by atoms with Gasteiger partial charge in [-0.05, 0) is 16.7 Å². The third kappa shape index (κ3) is 3.01. The lowest BCUT2D eigenvalue weighted by atomic mass is 10.4. The van der Waals surface area contributed by atoms with Crippen molar-refractivity contribution in [3.05, 3.63) is 84.8 Å². The Hall–Kier alpha value is -2.05. The Morgan fingerprint density at radius 2 is 1.29 bits per heavy atom. The molecular formula is C18H16FNP+. The molecule has 1 nitrogen and oxygen atoms in total. The Kier molecular flexibility index (Phi) is 4.08. The number of rotatable bonds is 3. The molecule has 0 atom stereocenters. The van der Waals surface area contributed by atoms with Gasteiger partial charge in [0.15, 0.2) is 5.82 Å². The summed E-state index contributed by atoms with van der Waals surface area (Å²) in [6.45, 7) is 0. The number of benzene rings is 2. The van der Waals surface area contributed by atoms with E-state index in [0.717, 1.165) is 5.44 Å². The highest BCUT2D eigenvalue weighted by Gasteiger charge is 2.24. The zero-order valence-corrected chi connectivity index (χ0v) is 12.7. The second-order valence-corrected chi connectivity index (χ2v) is 6.98. The molecule has 1 aromatic heterocycles. The number of nitrogens with zero attached hydrogens (tertiary/aromatic N) is 1. The first-order valence-corrected chi connectivity index (χ1v) is 8.15. The smallest absolute Gasteiger partial charge is 0.200 e. The molecule has 0 saturated carbocycles. The van der Waals surface area contributed by atoms with Crippen molar-refractivity contribution in [1.82, 2.24) is 0 Å². The molecule has 0 saturated heterocycles. The molecule has 0 aliphatic heterocycles. The van der Waals surface area contributed by atoms with Gasteiger partial charge in [0, 0.05) is 6.07 Å². The summed E-state index contributed by atoms with van der Waals surface area (Å²) in [5, 5.41) is 2.53. The van der Waals surface area contributed by atoms with Gasteiger partial charge >= 0.3 is 0 Å². The third-order valence-electron chi connectivity index (χ3n) is 3.33. The average Bonchev–Trinajstić information content (AvgIpc) is 2.52. The molecule has 0 amide bonds. The molecule has 0 fully saturated rings. The van der Waals surface area contributed by atoms with Crippen LogP contribution >= 0.6 is 7.92 Å². The van der Waals surface area contributed by atoms with Crippen molar-refractivity contribution in [2.75, 3.05) is 0 Å². The molecule has 0 aliphatic carbocycles. The Labute approximate surface area is 125 Å². The Bertz CT molecular complexity index is 689. The fourth-order valence-corrected chi connectivity index (χ4v) is 4.73. The van der Waals surface area contributed by atoms with Crippen molar-refractivity contribution in [1.29, 1.82) is 0 Å². The van der Waals surface area contributed by atoms with Gasteiger partial charge in [-0.3, -0.25) is 0 Å². The van der Waals surface area contributed by atoms with E-state index in [0.29, 0.717) is 0 Å². The molecule has 3 heteroatoms. The van der Waals surface area contributed by atoms with Gasteiger partial charge in [0.1, 0.15) is 7.05 Å². The van der Waals surface area contributed by atoms with E-state index in [9.17, 15) is 4.39 Å². The third-order valence-corrected chi connectivity index (χ3v) is 5.88. The van der Waals surface area contributed by atoms with Crippen molar-refractivity contribution in [3.8, 4) is 0 Å². The molecule has 0 unspecified atom stereocenters. The molecule has 0 spiro atoms. The van der Waals surface area contributed by atoms with Gasteiger partial charge in [-0.25, -0.2) is 4.39 Å². The van der Waals surface area contributed by atoms with Crippen LogP contribution < -0.4 is 20.6 Å². The second-order valence-electron chi connectivity index (χ2n) is 4.82. The predicted molar refractivity (Wildman–Crippen MR) is 86.3 cm³/mol. The number of halogens is 1. The van der Waals surface area contributed by atoms with Crippen LogP contribution in [0.4, 0.5) is 4.39 Å². The van der Waals surface area contributed by atoms with E-state index in [-0.39, 0.29) is 5.82 Å². The Morgan fingerprint density at radius 3 is 1.76 bits per heavy atom. The summed E-state index contributed by atoms with van der Waals surface area (Å²) in [7, 11) is 1.22. The highest BCUT2D eigenvalue weighted by atomic mass is 31.1. The predicted octanol–water partition coefficient (Wildman–Crippen LogP) is 2.41. The van der Waals surface area contributed by atoms with E-state index in [2.05, 4.69) is 48.5 Å². The molecule has 0 bridgehead atoms. The van der Waals surface area contributed by atoms with Crippen LogP contribution in [0.3, 0.4) is 0 Å². The summed E-state index contributed by atoms with van der Waals surface area (Å²) < 4.78 is 15.3. The Morgan fingerprint density at radius 1 is 0.762 bits per heavy atom. The van der Waals surface area contributed by atoms with E-state index in [1.807, 2.05) is 29.8 Å². The van der Waals surface area contributed by atoms with Crippen LogP contribution in [0.2, 0.25) is 0 Å². The highest BCUT2D eigenvalue weighted by Crippen LogP contribution is 2.30. The molecule has 3 aromatic rings. The molecule has 0 aliphatic rings. The lowest BCUT2D eigenvalue weighted by molar-refractivity contribution is -0.654. The standard InChI is InChI=1S/C18H16FNP/c1-20-14-15(19)12-13-18(20)21(16-8-4-2-5-9-16)17-10-6-3-7-11-17/h2-14H,1H3/q+1. The van der Waals surface area contributed by atoms with Crippen molar-refractivity contribution >= 4 is 24.0 Å². The average molecular weight is 296 g/mol. The summed E-state index contributed by atoms with van der Waals surface area (Å²) >= 11 is 0. The molecule has 2 aromatic carbocycles. The van der Waals surface area contributed by atoms with Gasteiger partial charge < -0.3 is 0 Å². The maximum atomic E-state index is 13.4. The SMILES string of the molecule is C[n+]1cc(F)ccc1P(c1ccccc1)c1ccccc1. The summed E-state index contributed by atoms with van der Waals surface area (Å²) in [5.74, 6) is -0.211. The van der Waals surface area contributed by atoms with Crippen LogP contribution in [0.15, 0.2) is 79.0 Å². The normalized spacial score (nSPS) is 10.8. The monoisotopic (exact) mass is 296 g/mol. The van der Waals surface area contributed by atoms with E-state index in [1.54, 1.807) is 0 Å². The number of hydrogen-bond acceptors (Lipinski definition) is 0. The number of aryl methyl sites for hydroxylation is 1. The van der Waals surface area contributed by atoms with Gasteiger partial charge in [0.25, 0.3) is 0 Å². The fourth-order valence-electron chi connectivity index (χ4n) is 2.37. The summed E-state index contributed by atoms with van der Waals surface area (Å²) in [5.41, 5.74) is 1.13. The minimum atomic E-state index is -0.683. The minimum Gasteiger partial charge on any atom is -0.200 e. The second kappa shape index (κ2) is 6.15. The van der Waals surface area contributed by atoms with Crippen molar-refractivity contribution < 1.29 is 8.96 Å². The zero-order valence-electron chi connectivity index (χ0n) is 11.8. The van der Waals surface area contributed by atoms with E-state index >= 15 is 0 Å². The number of hydrogen-bond donors (Lipinski definition) is 0. The summed E-state index contributed by atoms with van der Waals surface area (Å²) in [6, 6.07) is 24.2. The maximum absolute atomic E-state index is 13.4. The van der Waals surface area contributed by atoms with Crippen LogP contribution in [0.1, 0.15) is 0 Å². The van der Waals surface area contributed by atoms with Crippen LogP contribution in [0, 0.1) is 5.82 Å². The first kappa shape index (κ1) is 13.9. The van der Waals surface area contributed by atoms with Crippen LogP contribution in [0.5, 0.6) is 0 Å². The van der Waals surface area contributed by atoms with Gasteiger partial charge in [-0.2, -0.15) is 4.57 Å². The van der Waals surface area contributed by atoms with Gasteiger partial charge in [-0.15, -0.1) is 0 Å².